The second-order valence-electron chi connectivity index (χ2n) is 13.1. The number of aryl methyl sites for hydroxylation is 2. The topological polar surface area (TPSA) is 186 Å². The molecule has 1 saturated heterocycles. The highest BCUT2D eigenvalue weighted by molar-refractivity contribution is 7.46. The Morgan fingerprint density at radius 2 is 1.52 bits per heavy atom. The summed E-state index contributed by atoms with van der Waals surface area (Å²) < 4.78 is 57.0. The van der Waals surface area contributed by atoms with E-state index in [2.05, 4.69) is 14.4 Å². The molecule has 1 aliphatic rings. The molecule has 0 radical (unpaired) electrons. The quantitative estimate of drug-likeness (QED) is 0.0308. The number of unbranched alkanes of at least 4 members (excludes halogenated alkanes) is 3. The lowest BCUT2D eigenvalue weighted by molar-refractivity contribution is -0.617. The maximum Gasteiger partial charge on any atom is 0.345 e. The van der Waals surface area contributed by atoms with Crippen molar-refractivity contribution in [1.29, 1.82) is 0 Å². The van der Waals surface area contributed by atoms with Crippen molar-refractivity contribution in [2.45, 2.75) is 77.1 Å². The van der Waals surface area contributed by atoms with E-state index in [1.807, 2.05) is 67.7 Å². The molecule has 0 saturated carbocycles. The summed E-state index contributed by atoms with van der Waals surface area (Å²) in [7, 11) is -7.22. The van der Waals surface area contributed by atoms with Crippen molar-refractivity contribution in [1.82, 2.24) is 5.32 Å². The predicted molar refractivity (Wildman–Crippen MR) is 196 cm³/mol. The number of benzene rings is 3. The van der Waals surface area contributed by atoms with E-state index in [9.17, 15) is 28.5 Å². The van der Waals surface area contributed by atoms with Gasteiger partial charge in [0.2, 0.25) is 16.9 Å². The third-order valence-corrected chi connectivity index (χ3v) is 11.1. The summed E-state index contributed by atoms with van der Waals surface area (Å²) in [5.41, 5.74) is 3.29. The van der Waals surface area contributed by atoms with Crippen molar-refractivity contribution in [3.05, 3.63) is 83.9 Å². The number of carbonyl (C=O) groups is 2. The van der Waals surface area contributed by atoms with Gasteiger partial charge in [-0.05, 0) is 62.9 Å². The summed E-state index contributed by atoms with van der Waals surface area (Å²) in [4.78, 5) is 50.0. The normalized spacial score (nSPS) is 19.4. The highest BCUT2D eigenvalue weighted by atomic mass is 31.2. The van der Waals surface area contributed by atoms with Gasteiger partial charge in [0.15, 0.2) is 0 Å². The summed E-state index contributed by atoms with van der Waals surface area (Å²) in [6.07, 6.45) is 1.44. The van der Waals surface area contributed by atoms with Crippen molar-refractivity contribution in [3.63, 3.8) is 0 Å². The summed E-state index contributed by atoms with van der Waals surface area (Å²) >= 11 is 0. The molecule has 54 heavy (non-hydrogen) atoms. The van der Waals surface area contributed by atoms with Crippen LogP contribution < -0.4 is 24.4 Å². The first-order valence-electron chi connectivity index (χ1n) is 18.1. The standard InChI is InChI=1S/C38H48N2O12P2/c1-4-47-54(45,46)52-34-25-27(2)50-35(34)26-49-53(43,44)48-24-12-6-5-11-23-39-36(41)22-19-28-17-20-29(21-18-28)51-38(42)37-30-13-7-9-15-32(30)40(3)33-16-10-8-14-31(33)37/h7-10,13-18,20-21,27,34-35H,4-6,11-12,19,22-26H2,1-3H3,(H2-,39,41,43,44,45,46)/p-1/t27-,34+,35+/m0/s1. The minimum atomic E-state index is -4.65. The zero-order chi connectivity index (χ0) is 38.7. The van der Waals surface area contributed by atoms with E-state index in [0.29, 0.717) is 50.0 Å². The number of hydrogen-bond donors (Lipinski definition) is 1. The number of pyridine rings is 1. The number of hydrogen-bond acceptors (Lipinski definition) is 12. The Labute approximate surface area is 314 Å². The molecule has 3 aromatic carbocycles. The number of nitrogens with one attached hydrogen (secondary N) is 1. The van der Waals surface area contributed by atoms with E-state index in [0.717, 1.165) is 33.8 Å². The number of amides is 1. The molecule has 1 N–H and O–H groups in total. The SMILES string of the molecule is CCOP(=O)([O-])O[C@@H]1C[C@H](C)O[C@@H]1COP(=O)([O-])OCCCCCCNC(=O)CCc1ccc(OC(=O)c2c3ccccc3[n+](C)c3ccccc23)cc1. The molecule has 5 rings (SSSR count). The van der Waals surface area contributed by atoms with Gasteiger partial charge in [0.1, 0.15) is 18.9 Å². The van der Waals surface area contributed by atoms with Crippen LogP contribution in [0.5, 0.6) is 5.75 Å². The van der Waals surface area contributed by atoms with Crippen LogP contribution in [0.1, 0.15) is 68.3 Å². The highest BCUT2D eigenvalue weighted by Gasteiger charge is 2.37. The van der Waals surface area contributed by atoms with Crippen molar-refractivity contribution in [2.75, 3.05) is 26.4 Å². The summed E-state index contributed by atoms with van der Waals surface area (Å²) in [6, 6.07) is 22.6. The second-order valence-corrected chi connectivity index (χ2v) is 15.8. The predicted octanol–water partition coefficient (Wildman–Crippen LogP) is 5.22. The van der Waals surface area contributed by atoms with Crippen LogP contribution in [0.2, 0.25) is 0 Å². The number of carbonyl (C=O) groups excluding carboxylic acids is 2. The maximum absolute atomic E-state index is 13.5. The zero-order valence-electron chi connectivity index (χ0n) is 30.7. The van der Waals surface area contributed by atoms with Gasteiger partial charge in [0.25, 0.3) is 15.6 Å². The van der Waals surface area contributed by atoms with Gasteiger partial charge >= 0.3 is 5.97 Å². The number of para-hydroxylation sites is 2. The Kier molecular flexibility index (Phi) is 14.9. The largest absolute Gasteiger partial charge is 0.756 e. The van der Waals surface area contributed by atoms with E-state index in [1.54, 1.807) is 19.1 Å². The van der Waals surface area contributed by atoms with Gasteiger partial charge < -0.3 is 42.7 Å². The molecule has 1 amide bonds. The number of ether oxygens (including phenoxy) is 2. The van der Waals surface area contributed by atoms with Gasteiger partial charge in [-0.3, -0.25) is 13.9 Å². The number of nitrogens with zero attached hydrogens (tertiary/aromatic N) is 1. The van der Waals surface area contributed by atoms with Gasteiger partial charge in [-0.25, -0.2) is 4.79 Å². The Hall–Kier alpha value is -3.55. The minimum Gasteiger partial charge on any atom is -0.756 e. The molecule has 5 atom stereocenters. The van der Waals surface area contributed by atoms with Crippen LogP contribution in [0.15, 0.2) is 72.8 Å². The first-order valence-corrected chi connectivity index (χ1v) is 21.0. The molecule has 2 heterocycles. The zero-order valence-corrected chi connectivity index (χ0v) is 32.5. The first kappa shape index (κ1) is 41.6. The number of rotatable bonds is 20. The fourth-order valence-corrected chi connectivity index (χ4v) is 8.08. The molecule has 14 nitrogen and oxygen atoms in total. The first-order chi connectivity index (χ1) is 25.9. The van der Waals surface area contributed by atoms with Crippen molar-refractivity contribution < 1.29 is 60.6 Å². The molecule has 4 aromatic rings. The van der Waals surface area contributed by atoms with Crippen molar-refractivity contribution >= 4 is 49.3 Å². The van der Waals surface area contributed by atoms with Crippen molar-refractivity contribution in [2.24, 2.45) is 7.05 Å². The molecule has 2 unspecified atom stereocenters. The molecule has 1 aromatic heterocycles. The van der Waals surface area contributed by atoms with Crippen LogP contribution in [0, 0.1) is 0 Å². The number of phosphoric acid groups is 2. The third-order valence-electron chi connectivity index (χ3n) is 9.03. The van der Waals surface area contributed by atoms with Gasteiger partial charge in [0.05, 0.1) is 48.4 Å². The van der Waals surface area contributed by atoms with Crippen LogP contribution in [0.25, 0.3) is 21.8 Å². The fraction of sp³-hybridized carbons (Fsp3) is 0.447. The van der Waals surface area contributed by atoms with Crippen LogP contribution in [0.4, 0.5) is 0 Å². The number of esters is 1. The van der Waals surface area contributed by atoms with Gasteiger partial charge in [-0.15, -0.1) is 0 Å². The molecule has 0 spiro atoms. The van der Waals surface area contributed by atoms with E-state index < -0.39 is 40.4 Å². The third kappa shape index (κ3) is 11.7. The Morgan fingerprint density at radius 3 is 2.19 bits per heavy atom. The van der Waals surface area contributed by atoms with E-state index in [4.69, 9.17) is 23.0 Å². The van der Waals surface area contributed by atoms with Gasteiger partial charge in [0, 0.05) is 31.5 Å². The Balaban J connectivity index is 0.956. The van der Waals surface area contributed by atoms with Crippen LogP contribution in [-0.4, -0.2) is 56.6 Å². The Bertz CT molecular complexity index is 1940. The van der Waals surface area contributed by atoms with Crippen LogP contribution in [-0.2, 0) is 50.2 Å². The average molecular weight is 786 g/mol. The molecular formula is C38H47N2O12P2-. The second kappa shape index (κ2) is 19.4. The lowest BCUT2D eigenvalue weighted by atomic mass is 10.0. The lowest BCUT2D eigenvalue weighted by Gasteiger charge is -2.29. The van der Waals surface area contributed by atoms with Crippen LogP contribution in [0.3, 0.4) is 0 Å². The molecular weight excluding hydrogens is 738 g/mol. The summed E-state index contributed by atoms with van der Waals surface area (Å²) in [5.74, 6) is -0.113. The van der Waals surface area contributed by atoms with E-state index in [1.165, 1.54) is 6.92 Å². The monoisotopic (exact) mass is 785 g/mol. The molecule has 292 valence electrons. The molecule has 1 fully saturated rings. The number of aromatic nitrogens is 1. The van der Waals surface area contributed by atoms with Gasteiger partial charge in [-0.2, -0.15) is 4.57 Å². The molecule has 1 aliphatic heterocycles. The molecule has 0 aliphatic carbocycles. The Morgan fingerprint density at radius 1 is 0.870 bits per heavy atom. The smallest absolute Gasteiger partial charge is 0.345 e. The number of fused-ring (bicyclic) bond motifs is 2. The average Bonchev–Trinajstić information content (AvgIpc) is 3.49. The van der Waals surface area contributed by atoms with E-state index in [-0.39, 0.29) is 31.6 Å². The van der Waals surface area contributed by atoms with Crippen molar-refractivity contribution in [3.8, 4) is 5.75 Å². The van der Waals surface area contributed by atoms with Crippen LogP contribution >= 0.6 is 15.6 Å². The minimum absolute atomic E-state index is 0.0774. The summed E-state index contributed by atoms with van der Waals surface area (Å²) in [5, 5.41) is 4.52. The van der Waals surface area contributed by atoms with E-state index >= 15 is 0 Å². The summed E-state index contributed by atoms with van der Waals surface area (Å²) in [6.45, 7) is 3.09. The lowest BCUT2D eigenvalue weighted by Crippen LogP contribution is -2.31. The maximum atomic E-state index is 13.5. The number of phosphoric ester groups is 2. The molecule has 16 heteroatoms. The molecule has 0 bridgehead atoms. The van der Waals surface area contributed by atoms with Gasteiger partial charge in [-0.1, -0.05) is 49.2 Å². The fourth-order valence-electron chi connectivity index (χ4n) is 6.40. The highest BCUT2D eigenvalue weighted by Crippen LogP contribution is 2.45.